The van der Waals surface area contributed by atoms with E-state index in [9.17, 15) is 12.8 Å². The Bertz CT molecular complexity index is 467. The molecule has 0 saturated carbocycles. The molecule has 0 heterocycles. The molecule has 1 aromatic carbocycles. The van der Waals surface area contributed by atoms with E-state index in [-0.39, 0.29) is 11.9 Å². The van der Waals surface area contributed by atoms with Crippen LogP contribution in [0.4, 0.5) is 4.39 Å². The fraction of sp³-hybridized carbons (Fsp3) is 0.333. The first-order chi connectivity index (χ1) is 7.09. The van der Waals surface area contributed by atoms with Gasteiger partial charge >= 0.3 is 0 Å². The Hall–Kier alpha value is -0.650. The van der Waals surface area contributed by atoms with Crippen LogP contribution < -0.4 is 4.72 Å². The average Bonchev–Trinajstić information content (AvgIpc) is 2.56. The standard InChI is InChI=1S/C9H9ClFNO2S/c10-6-2-3-7(11)5-1-4-8(9(5)6)12-15(13)14/h2-3,8,15H,1,4H2,(H,12,13,14). The molecule has 0 aliphatic heterocycles. The van der Waals surface area contributed by atoms with E-state index in [0.29, 0.717) is 29.0 Å². The Morgan fingerprint density at radius 3 is 2.87 bits per heavy atom. The van der Waals surface area contributed by atoms with Gasteiger partial charge < -0.3 is 0 Å². The quantitative estimate of drug-likeness (QED) is 0.782. The number of halogens is 2. The van der Waals surface area contributed by atoms with Crippen LogP contribution in [-0.4, -0.2) is 8.42 Å². The van der Waals surface area contributed by atoms with E-state index in [1.54, 1.807) is 0 Å². The molecule has 0 saturated heterocycles. The van der Waals surface area contributed by atoms with E-state index in [0.717, 1.165) is 0 Å². The molecule has 3 nitrogen and oxygen atoms in total. The maximum Gasteiger partial charge on any atom is 0.201 e. The zero-order chi connectivity index (χ0) is 11.0. The molecule has 0 spiro atoms. The molecular formula is C9H9ClFNO2S. The summed E-state index contributed by atoms with van der Waals surface area (Å²) in [6, 6.07) is 2.37. The van der Waals surface area contributed by atoms with Crippen molar-refractivity contribution in [1.29, 1.82) is 0 Å². The SMILES string of the molecule is O=[SH](=O)NC1CCc2c(F)ccc(Cl)c21. The molecule has 0 radical (unpaired) electrons. The van der Waals surface area contributed by atoms with Gasteiger partial charge in [0.15, 0.2) is 0 Å². The molecule has 1 aromatic rings. The minimum atomic E-state index is -2.69. The summed E-state index contributed by atoms with van der Waals surface area (Å²) in [6.07, 6.45) is 1.07. The zero-order valence-corrected chi connectivity index (χ0v) is 9.32. The summed E-state index contributed by atoms with van der Waals surface area (Å²) in [5, 5.41) is 0.415. The second-order valence-corrected chi connectivity index (χ2v) is 4.58. The average molecular weight is 250 g/mol. The predicted molar refractivity (Wildman–Crippen MR) is 55.9 cm³/mol. The molecule has 0 aromatic heterocycles. The Labute approximate surface area is 93.3 Å². The number of thiol groups is 1. The molecule has 1 N–H and O–H groups in total. The highest BCUT2D eigenvalue weighted by Gasteiger charge is 2.27. The van der Waals surface area contributed by atoms with E-state index in [2.05, 4.69) is 4.72 Å². The fourth-order valence-electron chi connectivity index (χ4n) is 1.93. The molecule has 6 heteroatoms. The highest BCUT2D eigenvalue weighted by molar-refractivity contribution is 7.70. The molecule has 15 heavy (non-hydrogen) atoms. The van der Waals surface area contributed by atoms with Gasteiger partial charge in [0, 0.05) is 11.1 Å². The molecule has 1 atom stereocenters. The third-order valence-electron chi connectivity index (χ3n) is 2.54. The summed E-state index contributed by atoms with van der Waals surface area (Å²) in [6.45, 7) is 0. The lowest BCUT2D eigenvalue weighted by molar-refractivity contribution is 0.573. The smallest absolute Gasteiger partial charge is 0.201 e. The molecule has 1 aliphatic rings. The van der Waals surface area contributed by atoms with E-state index in [1.165, 1.54) is 12.1 Å². The first-order valence-corrected chi connectivity index (χ1v) is 6.02. The number of rotatable bonds is 2. The largest absolute Gasteiger partial charge is 0.215 e. The minimum absolute atomic E-state index is 0.320. The van der Waals surface area contributed by atoms with E-state index < -0.39 is 10.9 Å². The van der Waals surface area contributed by atoms with Gasteiger partial charge in [-0.3, -0.25) is 0 Å². The van der Waals surface area contributed by atoms with Crippen LogP contribution in [0.2, 0.25) is 5.02 Å². The Morgan fingerprint density at radius 2 is 2.20 bits per heavy atom. The summed E-state index contributed by atoms with van der Waals surface area (Å²) >= 11 is 5.92. The lowest BCUT2D eigenvalue weighted by Gasteiger charge is -2.10. The molecule has 0 bridgehead atoms. The number of hydrogen-bond acceptors (Lipinski definition) is 2. The number of benzene rings is 1. The van der Waals surface area contributed by atoms with Crippen molar-refractivity contribution in [2.24, 2.45) is 0 Å². The molecule has 0 fully saturated rings. The van der Waals surface area contributed by atoms with Gasteiger partial charge in [0.25, 0.3) is 0 Å². The van der Waals surface area contributed by atoms with Gasteiger partial charge in [-0.05, 0) is 36.1 Å². The number of hydrogen-bond donors (Lipinski definition) is 2. The Kier molecular flexibility index (Phi) is 2.95. The Morgan fingerprint density at radius 1 is 1.47 bits per heavy atom. The van der Waals surface area contributed by atoms with Gasteiger partial charge in [-0.15, -0.1) is 0 Å². The topological polar surface area (TPSA) is 46.2 Å². The van der Waals surface area contributed by atoms with Crippen LogP contribution >= 0.6 is 11.6 Å². The van der Waals surface area contributed by atoms with Crippen molar-refractivity contribution in [3.63, 3.8) is 0 Å². The van der Waals surface area contributed by atoms with Crippen molar-refractivity contribution in [1.82, 2.24) is 4.72 Å². The van der Waals surface area contributed by atoms with Crippen LogP contribution in [0.5, 0.6) is 0 Å². The Balaban J connectivity index is 2.45. The minimum Gasteiger partial charge on any atom is -0.215 e. The summed E-state index contributed by atoms with van der Waals surface area (Å²) in [7, 11) is -2.69. The highest BCUT2D eigenvalue weighted by Crippen LogP contribution is 2.37. The predicted octanol–water partition coefficient (Wildman–Crippen LogP) is 1.58. The van der Waals surface area contributed by atoms with Crippen molar-refractivity contribution >= 4 is 22.5 Å². The van der Waals surface area contributed by atoms with Crippen molar-refractivity contribution in [2.45, 2.75) is 18.9 Å². The monoisotopic (exact) mass is 249 g/mol. The normalized spacial score (nSPS) is 19.5. The number of fused-ring (bicyclic) bond motifs is 1. The van der Waals surface area contributed by atoms with E-state index in [1.807, 2.05) is 0 Å². The molecular weight excluding hydrogens is 241 g/mol. The van der Waals surface area contributed by atoms with Gasteiger partial charge in [0.1, 0.15) is 5.82 Å². The van der Waals surface area contributed by atoms with Crippen LogP contribution in [-0.2, 0) is 17.3 Å². The first kappa shape index (κ1) is 10.9. The lowest BCUT2D eigenvalue weighted by atomic mass is 10.1. The van der Waals surface area contributed by atoms with Crippen LogP contribution in [0.3, 0.4) is 0 Å². The molecule has 82 valence electrons. The van der Waals surface area contributed by atoms with Gasteiger partial charge in [-0.1, -0.05) is 11.6 Å². The van der Waals surface area contributed by atoms with Gasteiger partial charge in [0.05, 0.1) is 0 Å². The van der Waals surface area contributed by atoms with Crippen molar-refractivity contribution in [3.8, 4) is 0 Å². The summed E-state index contributed by atoms with van der Waals surface area (Å²) in [5.74, 6) is -0.320. The highest BCUT2D eigenvalue weighted by atomic mass is 35.5. The molecule has 2 rings (SSSR count). The second-order valence-electron chi connectivity index (χ2n) is 3.40. The van der Waals surface area contributed by atoms with E-state index >= 15 is 0 Å². The first-order valence-electron chi connectivity index (χ1n) is 4.47. The van der Waals surface area contributed by atoms with Crippen LogP contribution in [0.25, 0.3) is 0 Å². The molecule has 0 amide bonds. The summed E-state index contributed by atoms with van der Waals surface area (Å²) in [4.78, 5) is 0. The summed E-state index contributed by atoms with van der Waals surface area (Å²) < 4.78 is 36.8. The van der Waals surface area contributed by atoms with Gasteiger partial charge in [-0.2, -0.15) is 0 Å². The van der Waals surface area contributed by atoms with Gasteiger partial charge in [-0.25, -0.2) is 17.5 Å². The molecule has 1 aliphatic carbocycles. The summed E-state index contributed by atoms with van der Waals surface area (Å²) in [5.41, 5.74) is 1.10. The van der Waals surface area contributed by atoms with Crippen molar-refractivity contribution in [2.75, 3.05) is 0 Å². The van der Waals surface area contributed by atoms with Crippen LogP contribution in [0.1, 0.15) is 23.6 Å². The number of nitrogens with one attached hydrogen (secondary N) is 1. The van der Waals surface area contributed by atoms with Gasteiger partial charge in [0.2, 0.25) is 10.9 Å². The van der Waals surface area contributed by atoms with Crippen LogP contribution in [0.15, 0.2) is 12.1 Å². The van der Waals surface area contributed by atoms with Crippen LogP contribution in [0, 0.1) is 5.82 Å². The third kappa shape index (κ3) is 2.00. The zero-order valence-electron chi connectivity index (χ0n) is 7.67. The van der Waals surface area contributed by atoms with E-state index in [4.69, 9.17) is 11.6 Å². The van der Waals surface area contributed by atoms with Crippen molar-refractivity contribution < 1.29 is 12.8 Å². The lowest BCUT2D eigenvalue weighted by Crippen LogP contribution is -2.17. The maximum absolute atomic E-state index is 13.3. The second kappa shape index (κ2) is 4.08. The third-order valence-corrected chi connectivity index (χ3v) is 3.39. The fourth-order valence-corrected chi connectivity index (χ4v) is 2.75. The maximum atomic E-state index is 13.3. The molecule has 1 unspecified atom stereocenters. The van der Waals surface area contributed by atoms with Crippen molar-refractivity contribution in [3.05, 3.63) is 34.1 Å².